The quantitative estimate of drug-likeness (QED) is 0.764. The number of carbonyl (C=O) groups excluding carboxylic acids is 1. The van der Waals surface area contributed by atoms with Crippen LogP contribution in [0.1, 0.15) is 33.1 Å². The molecule has 110 valence electrons. The number of nitrogens with one attached hydrogen (secondary N) is 1. The Morgan fingerprint density at radius 2 is 2.21 bits per heavy atom. The molecule has 19 heavy (non-hydrogen) atoms. The minimum Gasteiger partial charge on any atom is -0.481 e. The van der Waals surface area contributed by atoms with E-state index < -0.39 is 11.9 Å². The molecule has 2 amide bonds. The monoisotopic (exact) mass is 272 g/mol. The Morgan fingerprint density at radius 3 is 2.68 bits per heavy atom. The van der Waals surface area contributed by atoms with Gasteiger partial charge in [-0.3, -0.25) is 4.79 Å². The fraction of sp³-hybridized carbons (Fsp3) is 0.846. The standard InChI is InChI=1S/C13H24N2O4/c1-4-5-10(12(16)17)8-14-13(18)15(3)11-6-7-19-9(11)2/h9-11H,4-8H2,1-3H3,(H,14,18)(H,16,17). The number of carboxylic acids is 1. The lowest BCUT2D eigenvalue weighted by atomic mass is 10.0. The van der Waals surface area contributed by atoms with Crippen molar-refractivity contribution in [3.8, 4) is 0 Å². The maximum atomic E-state index is 12.0. The topological polar surface area (TPSA) is 78.9 Å². The van der Waals surface area contributed by atoms with Gasteiger partial charge in [0.2, 0.25) is 0 Å². The van der Waals surface area contributed by atoms with Crippen molar-refractivity contribution in [2.75, 3.05) is 20.2 Å². The molecule has 0 aromatic rings. The first-order valence-corrected chi connectivity index (χ1v) is 6.82. The van der Waals surface area contributed by atoms with Crippen LogP contribution in [0.25, 0.3) is 0 Å². The molecule has 0 aliphatic carbocycles. The molecule has 3 atom stereocenters. The second-order valence-corrected chi connectivity index (χ2v) is 5.05. The van der Waals surface area contributed by atoms with Gasteiger partial charge < -0.3 is 20.1 Å². The predicted octanol–water partition coefficient (Wildman–Crippen LogP) is 1.31. The molecule has 1 aliphatic heterocycles. The van der Waals surface area contributed by atoms with Crippen molar-refractivity contribution < 1.29 is 19.4 Å². The van der Waals surface area contributed by atoms with Gasteiger partial charge in [0.05, 0.1) is 18.1 Å². The van der Waals surface area contributed by atoms with Crippen LogP contribution in [0.3, 0.4) is 0 Å². The maximum absolute atomic E-state index is 12.0. The minimum atomic E-state index is -0.859. The second kappa shape index (κ2) is 7.33. The third-order valence-electron chi connectivity index (χ3n) is 3.64. The van der Waals surface area contributed by atoms with Gasteiger partial charge in [0.15, 0.2) is 0 Å². The van der Waals surface area contributed by atoms with E-state index in [1.165, 1.54) is 0 Å². The highest BCUT2D eigenvalue weighted by Crippen LogP contribution is 2.18. The van der Waals surface area contributed by atoms with Crippen molar-refractivity contribution in [1.29, 1.82) is 0 Å². The molecule has 0 spiro atoms. The van der Waals surface area contributed by atoms with E-state index in [-0.39, 0.29) is 24.7 Å². The average Bonchev–Trinajstić information content (AvgIpc) is 2.79. The molecule has 6 heteroatoms. The number of hydrogen-bond donors (Lipinski definition) is 2. The van der Waals surface area contributed by atoms with Crippen molar-refractivity contribution in [1.82, 2.24) is 10.2 Å². The fourth-order valence-corrected chi connectivity index (χ4v) is 2.38. The molecule has 2 N–H and O–H groups in total. The SMILES string of the molecule is CCCC(CNC(=O)N(C)C1CCOC1C)C(=O)O. The lowest BCUT2D eigenvalue weighted by Gasteiger charge is -2.27. The molecule has 1 rings (SSSR count). The van der Waals surface area contributed by atoms with Gasteiger partial charge in [-0.2, -0.15) is 0 Å². The van der Waals surface area contributed by atoms with E-state index in [0.29, 0.717) is 13.0 Å². The minimum absolute atomic E-state index is 0.0293. The van der Waals surface area contributed by atoms with E-state index in [9.17, 15) is 9.59 Å². The van der Waals surface area contributed by atoms with E-state index >= 15 is 0 Å². The van der Waals surface area contributed by atoms with Crippen LogP contribution in [0.15, 0.2) is 0 Å². The highest BCUT2D eigenvalue weighted by Gasteiger charge is 2.30. The van der Waals surface area contributed by atoms with Crippen molar-refractivity contribution in [2.45, 2.75) is 45.3 Å². The molecule has 0 radical (unpaired) electrons. The first kappa shape index (κ1) is 15.8. The first-order valence-electron chi connectivity index (χ1n) is 6.82. The van der Waals surface area contributed by atoms with Crippen LogP contribution in [0.4, 0.5) is 4.79 Å². The Labute approximate surface area is 114 Å². The molecule has 1 saturated heterocycles. The summed E-state index contributed by atoms with van der Waals surface area (Å²) in [7, 11) is 1.72. The van der Waals surface area contributed by atoms with Crippen LogP contribution in [0.2, 0.25) is 0 Å². The number of likely N-dealkylation sites (N-methyl/N-ethyl adjacent to an activating group) is 1. The smallest absolute Gasteiger partial charge is 0.317 e. The summed E-state index contributed by atoms with van der Waals surface area (Å²) in [5.41, 5.74) is 0. The van der Waals surface area contributed by atoms with E-state index in [1.54, 1.807) is 11.9 Å². The summed E-state index contributed by atoms with van der Waals surface area (Å²) in [5, 5.41) is 11.7. The molecular formula is C13H24N2O4. The molecule has 3 unspecified atom stereocenters. The third kappa shape index (κ3) is 4.38. The van der Waals surface area contributed by atoms with Crippen molar-refractivity contribution >= 4 is 12.0 Å². The maximum Gasteiger partial charge on any atom is 0.317 e. The van der Waals surface area contributed by atoms with Gasteiger partial charge in [-0.05, 0) is 19.8 Å². The van der Waals surface area contributed by atoms with Crippen LogP contribution in [0.5, 0.6) is 0 Å². The zero-order valence-electron chi connectivity index (χ0n) is 11.9. The normalized spacial score (nSPS) is 23.9. The van der Waals surface area contributed by atoms with E-state index in [4.69, 9.17) is 9.84 Å². The molecule has 1 fully saturated rings. The molecular weight excluding hydrogens is 248 g/mol. The summed E-state index contributed by atoms with van der Waals surface area (Å²) < 4.78 is 5.42. The Hall–Kier alpha value is -1.30. The van der Waals surface area contributed by atoms with Crippen molar-refractivity contribution in [2.24, 2.45) is 5.92 Å². The largest absolute Gasteiger partial charge is 0.481 e. The van der Waals surface area contributed by atoms with Crippen LogP contribution >= 0.6 is 0 Å². The fourth-order valence-electron chi connectivity index (χ4n) is 2.38. The Bertz CT molecular complexity index is 322. The third-order valence-corrected chi connectivity index (χ3v) is 3.64. The highest BCUT2D eigenvalue weighted by molar-refractivity contribution is 5.76. The zero-order valence-corrected chi connectivity index (χ0v) is 11.9. The summed E-state index contributed by atoms with van der Waals surface area (Å²) >= 11 is 0. The predicted molar refractivity (Wildman–Crippen MR) is 71.0 cm³/mol. The Kier molecular flexibility index (Phi) is 6.08. The number of carboxylic acid groups (broad SMARTS) is 1. The Morgan fingerprint density at radius 1 is 1.53 bits per heavy atom. The molecule has 0 saturated carbocycles. The van der Waals surface area contributed by atoms with E-state index in [0.717, 1.165) is 12.8 Å². The number of amides is 2. The van der Waals surface area contributed by atoms with Crippen molar-refractivity contribution in [3.63, 3.8) is 0 Å². The molecule has 0 aromatic heterocycles. The van der Waals surface area contributed by atoms with Gasteiger partial charge in [-0.15, -0.1) is 0 Å². The second-order valence-electron chi connectivity index (χ2n) is 5.05. The summed E-state index contributed by atoms with van der Waals surface area (Å²) in [6.07, 6.45) is 2.21. The molecule has 0 aromatic carbocycles. The van der Waals surface area contributed by atoms with Gasteiger partial charge >= 0.3 is 12.0 Å². The summed E-state index contributed by atoms with van der Waals surface area (Å²) in [6, 6.07) is -0.167. The first-order chi connectivity index (χ1) is 8.97. The number of rotatable bonds is 6. The summed E-state index contributed by atoms with van der Waals surface area (Å²) in [6.45, 7) is 4.71. The molecule has 1 heterocycles. The molecule has 1 aliphatic rings. The van der Waals surface area contributed by atoms with Gasteiger partial charge in [-0.1, -0.05) is 13.3 Å². The van der Waals surface area contributed by atoms with Gasteiger partial charge in [-0.25, -0.2) is 4.79 Å². The van der Waals surface area contributed by atoms with Gasteiger partial charge in [0.25, 0.3) is 0 Å². The van der Waals surface area contributed by atoms with Gasteiger partial charge in [0.1, 0.15) is 0 Å². The van der Waals surface area contributed by atoms with Crippen LogP contribution in [0, 0.1) is 5.92 Å². The summed E-state index contributed by atoms with van der Waals surface area (Å²) in [5.74, 6) is -1.37. The van der Waals surface area contributed by atoms with E-state index in [1.807, 2.05) is 13.8 Å². The number of nitrogens with zero attached hydrogens (tertiary/aromatic N) is 1. The average molecular weight is 272 g/mol. The Balaban J connectivity index is 2.43. The number of hydrogen-bond acceptors (Lipinski definition) is 3. The lowest BCUT2D eigenvalue weighted by molar-refractivity contribution is -0.141. The van der Waals surface area contributed by atoms with Crippen LogP contribution in [-0.4, -0.2) is 54.4 Å². The van der Waals surface area contributed by atoms with Crippen LogP contribution < -0.4 is 5.32 Å². The number of carbonyl (C=O) groups is 2. The van der Waals surface area contributed by atoms with Gasteiger partial charge in [0, 0.05) is 20.2 Å². The highest BCUT2D eigenvalue weighted by atomic mass is 16.5. The van der Waals surface area contributed by atoms with Crippen molar-refractivity contribution in [3.05, 3.63) is 0 Å². The van der Waals surface area contributed by atoms with Crippen LogP contribution in [-0.2, 0) is 9.53 Å². The lowest BCUT2D eigenvalue weighted by Crippen LogP contribution is -2.47. The summed E-state index contributed by atoms with van der Waals surface area (Å²) in [4.78, 5) is 24.6. The number of ether oxygens (including phenoxy) is 1. The molecule has 6 nitrogen and oxygen atoms in total. The number of aliphatic carboxylic acids is 1. The zero-order chi connectivity index (χ0) is 14.4. The molecule has 0 bridgehead atoms. The van der Waals surface area contributed by atoms with E-state index in [2.05, 4.69) is 5.32 Å². The number of urea groups is 1.